The molecule has 3 unspecified atom stereocenters. The molecule has 1 nitrogen and oxygen atoms in total. The van der Waals surface area contributed by atoms with E-state index in [2.05, 4.69) is 11.8 Å². The zero-order valence-electron chi connectivity index (χ0n) is 5.98. The molecule has 0 radical (unpaired) electrons. The molecule has 0 aromatic heterocycles. The third-order valence-electron chi connectivity index (χ3n) is 1.43. The van der Waals surface area contributed by atoms with Crippen LogP contribution in [0.5, 0.6) is 0 Å². The number of terminal acetylenes is 2. The van der Waals surface area contributed by atoms with E-state index in [-0.39, 0.29) is 20.0 Å². The van der Waals surface area contributed by atoms with Crippen LogP contribution in [-0.4, -0.2) is 22.6 Å². The second-order valence-electron chi connectivity index (χ2n) is 2.06. The van der Waals surface area contributed by atoms with Gasteiger partial charge in [-0.05, 0) is 18.2 Å². The summed E-state index contributed by atoms with van der Waals surface area (Å²) in [6.45, 7) is 0. The van der Waals surface area contributed by atoms with Gasteiger partial charge < -0.3 is 0 Å². The van der Waals surface area contributed by atoms with E-state index in [1.807, 2.05) is 11.4 Å². The van der Waals surface area contributed by atoms with Crippen molar-refractivity contribution < 1.29 is 0 Å². The average molecular weight is 201 g/mol. The van der Waals surface area contributed by atoms with Gasteiger partial charge in [-0.2, -0.15) is 0 Å². The Kier molecular flexibility index (Phi) is 2.98. The van der Waals surface area contributed by atoms with Crippen molar-refractivity contribution in [3.63, 3.8) is 0 Å². The van der Waals surface area contributed by atoms with E-state index in [1.54, 1.807) is 10.8 Å². The van der Waals surface area contributed by atoms with Gasteiger partial charge in [0, 0.05) is 8.67 Å². The summed E-state index contributed by atoms with van der Waals surface area (Å²) in [4.78, 5) is 0. The molecule has 1 aliphatic heterocycles. The lowest BCUT2D eigenvalue weighted by molar-refractivity contribution is 0.516. The van der Waals surface area contributed by atoms with Gasteiger partial charge in [0.15, 0.2) is 0 Å². The normalized spacial score (nSPS) is 37.9. The number of hydrogen-bond acceptors (Lipinski definition) is 2. The smallest absolute Gasteiger partial charge is 0.105 e. The maximum Gasteiger partial charge on any atom is 0.105 e. The zero-order chi connectivity index (χ0) is 8.43. The average Bonchev–Trinajstić information content (AvgIpc) is 2.28. The molecule has 58 valence electrons. The minimum Gasteiger partial charge on any atom is -0.225 e. The van der Waals surface area contributed by atoms with Gasteiger partial charge in [-0.15, -0.1) is 12.8 Å². The Morgan fingerprint density at radius 3 is 2.55 bits per heavy atom. The minimum atomic E-state index is -0.229. The van der Waals surface area contributed by atoms with Crippen LogP contribution in [0, 0.1) is 24.7 Å². The Morgan fingerprint density at radius 2 is 2.18 bits per heavy atom. The van der Waals surface area contributed by atoms with Crippen molar-refractivity contribution in [1.29, 1.82) is 0 Å². The van der Waals surface area contributed by atoms with Crippen molar-refractivity contribution in [1.82, 2.24) is 4.31 Å². The van der Waals surface area contributed by atoms with Crippen LogP contribution in [0.2, 0.25) is 0 Å². The number of rotatable bonds is 0. The predicted octanol–water partition coefficient (Wildman–Crippen LogP) is 0.579. The monoisotopic (exact) mass is 201 g/mol. The van der Waals surface area contributed by atoms with Crippen LogP contribution in [-0.2, 0) is 19.9 Å². The van der Waals surface area contributed by atoms with Gasteiger partial charge in [0.05, 0.1) is 0 Å². The summed E-state index contributed by atoms with van der Waals surface area (Å²) in [5.41, 5.74) is 0. The third-order valence-corrected chi connectivity index (χ3v) is 6.13. The molecule has 0 aromatic carbocycles. The van der Waals surface area contributed by atoms with Gasteiger partial charge in [-0.25, -0.2) is 4.31 Å². The highest BCUT2D eigenvalue weighted by Gasteiger charge is 2.33. The van der Waals surface area contributed by atoms with Crippen molar-refractivity contribution in [2.75, 3.05) is 7.05 Å². The highest BCUT2D eigenvalue weighted by atomic mass is 33.3. The Labute approximate surface area is 78.0 Å². The van der Waals surface area contributed by atoms with Crippen LogP contribution >= 0.6 is 10.8 Å². The molecule has 1 fully saturated rings. The van der Waals surface area contributed by atoms with Crippen LogP contribution < -0.4 is 0 Å². The Morgan fingerprint density at radius 1 is 1.55 bits per heavy atom. The van der Waals surface area contributed by atoms with Crippen molar-refractivity contribution in [2.45, 2.75) is 11.3 Å². The van der Waals surface area contributed by atoms with Crippen molar-refractivity contribution >= 4 is 30.7 Å². The standard InChI is InChI=1S/C7H7NS3/c1-4-6-7(5-2)10-11(9)8(6)3/h1-2,6-7H,3H3. The molecule has 0 spiro atoms. The fourth-order valence-corrected chi connectivity index (χ4v) is 4.72. The van der Waals surface area contributed by atoms with Gasteiger partial charge in [0.2, 0.25) is 0 Å². The van der Waals surface area contributed by atoms with E-state index in [9.17, 15) is 0 Å². The summed E-state index contributed by atoms with van der Waals surface area (Å²) in [5.74, 6) is 5.29. The van der Waals surface area contributed by atoms with Gasteiger partial charge in [0.1, 0.15) is 11.3 Å². The van der Waals surface area contributed by atoms with Crippen molar-refractivity contribution in [3.05, 3.63) is 0 Å². The first-order chi connectivity index (χ1) is 5.20. The molecule has 0 bridgehead atoms. The maximum atomic E-state index is 5.31. The van der Waals surface area contributed by atoms with Gasteiger partial charge in [0.25, 0.3) is 0 Å². The Hall–Kier alpha value is 0. The molecule has 1 rings (SSSR count). The molecule has 4 heteroatoms. The molecule has 0 saturated carbocycles. The van der Waals surface area contributed by atoms with Gasteiger partial charge in [-0.1, -0.05) is 22.6 Å². The van der Waals surface area contributed by atoms with Crippen LogP contribution in [0.3, 0.4) is 0 Å². The van der Waals surface area contributed by atoms with Crippen molar-refractivity contribution in [3.8, 4) is 24.7 Å². The summed E-state index contributed by atoms with van der Waals surface area (Å²) >= 11 is 5.14. The van der Waals surface area contributed by atoms with Gasteiger partial charge in [-0.3, -0.25) is 0 Å². The topological polar surface area (TPSA) is 3.24 Å². The Balaban J connectivity index is 2.85. The molecule has 1 aliphatic rings. The molecule has 11 heavy (non-hydrogen) atoms. The lowest BCUT2D eigenvalue weighted by atomic mass is 10.2. The second kappa shape index (κ2) is 3.60. The summed E-state index contributed by atoms with van der Waals surface area (Å²) in [5, 5.41) is 0.0748. The maximum absolute atomic E-state index is 5.31. The molecule has 3 atom stereocenters. The molecule has 1 saturated heterocycles. The SMILES string of the molecule is C#CC1SS(=S)N(C)C1C#C. The lowest BCUT2D eigenvalue weighted by Crippen LogP contribution is -2.29. The van der Waals surface area contributed by atoms with Gasteiger partial charge >= 0.3 is 0 Å². The number of hydrogen-bond donors (Lipinski definition) is 0. The lowest BCUT2D eigenvalue weighted by Gasteiger charge is -2.12. The van der Waals surface area contributed by atoms with E-state index in [4.69, 9.17) is 24.0 Å². The molecule has 0 aliphatic carbocycles. The third kappa shape index (κ3) is 1.60. The largest absolute Gasteiger partial charge is 0.225 e. The summed E-state index contributed by atoms with van der Waals surface area (Å²) < 4.78 is 1.98. The quantitative estimate of drug-likeness (QED) is 0.417. The van der Waals surface area contributed by atoms with E-state index >= 15 is 0 Å². The van der Waals surface area contributed by atoms with Crippen LogP contribution in [0.25, 0.3) is 0 Å². The highest BCUT2D eigenvalue weighted by Crippen LogP contribution is 2.32. The molecular formula is C7H7NS3. The highest BCUT2D eigenvalue weighted by molar-refractivity contribution is 8.82. The fourth-order valence-electron chi connectivity index (χ4n) is 0.804. The van der Waals surface area contributed by atoms with E-state index in [0.29, 0.717) is 0 Å². The zero-order valence-corrected chi connectivity index (χ0v) is 8.43. The predicted molar refractivity (Wildman–Crippen MR) is 55.3 cm³/mol. The summed E-state index contributed by atoms with van der Waals surface area (Å²) in [6.07, 6.45) is 10.6. The molecule has 0 amide bonds. The van der Waals surface area contributed by atoms with E-state index in [1.165, 1.54) is 0 Å². The van der Waals surface area contributed by atoms with Crippen molar-refractivity contribution in [2.24, 2.45) is 0 Å². The second-order valence-corrected chi connectivity index (χ2v) is 6.87. The number of nitrogens with zero attached hydrogens (tertiary/aromatic N) is 1. The molecule has 0 aromatic rings. The molecular weight excluding hydrogens is 194 g/mol. The van der Waals surface area contributed by atoms with Crippen LogP contribution in [0.4, 0.5) is 0 Å². The minimum absolute atomic E-state index is 0.0193. The van der Waals surface area contributed by atoms with E-state index < -0.39 is 0 Å². The first kappa shape index (κ1) is 9.09. The van der Waals surface area contributed by atoms with Crippen LogP contribution in [0.15, 0.2) is 0 Å². The van der Waals surface area contributed by atoms with E-state index in [0.717, 1.165) is 0 Å². The summed E-state index contributed by atoms with van der Waals surface area (Å²) in [7, 11) is 3.29. The first-order valence-corrected chi connectivity index (χ1v) is 6.45. The van der Waals surface area contributed by atoms with Crippen LogP contribution in [0.1, 0.15) is 0 Å². The Bertz CT molecular complexity index is 260. The first-order valence-electron chi connectivity index (χ1n) is 2.95. The molecule has 1 heterocycles. The fraction of sp³-hybridized carbons (Fsp3) is 0.429. The summed E-state index contributed by atoms with van der Waals surface area (Å²) in [6, 6.07) is 0.0193. The molecule has 0 N–H and O–H groups in total.